The number of aromatic nitrogens is 2. The number of hydrogen-bond acceptors (Lipinski definition) is 2. The van der Waals surface area contributed by atoms with Gasteiger partial charge in [0, 0.05) is 6.20 Å². The molecule has 0 fully saturated rings. The van der Waals surface area contributed by atoms with E-state index in [1.807, 2.05) is 0 Å². The van der Waals surface area contributed by atoms with Crippen molar-refractivity contribution in [3.63, 3.8) is 0 Å². The van der Waals surface area contributed by atoms with Crippen LogP contribution in [0.2, 0.25) is 5.02 Å². The van der Waals surface area contributed by atoms with Crippen LogP contribution in [0.4, 0.5) is 0 Å². The molecule has 68 valence electrons. The molecule has 5 heteroatoms. The number of halogens is 1. The van der Waals surface area contributed by atoms with E-state index in [2.05, 4.69) is 16.8 Å². The number of rotatable bonds is 1. The van der Waals surface area contributed by atoms with Crippen molar-refractivity contribution in [2.24, 2.45) is 0 Å². The van der Waals surface area contributed by atoms with Gasteiger partial charge in [0.15, 0.2) is 0 Å². The molecule has 0 radical (unpaired) electrons. The molecular weight excluding hydrogens is 192 g/mol. The third-order valence-electron chi connectivity index (χ3n) is 1.39. The lowest BCUT2D eigenvalue weighted by atomic mass is 10.5. The second-order valence-corrected chi connectivity index (χ2v) is 2.70. The van der Waals surface area contributed by atoms with E-state index in [9.17, 15) is 9.59 Å². The molecule has 1 heterocycles. The molecule has 0 aliphatic rings. The van der Waals surface area contributed by atoms with Crippen molar-refractivity contribution in [3.05, 3.63) is 32.1 Å². The van der Waals surface area contributed by atoms with Crippen LogP contribution >= 0.6 is 11.6 Å². The van der Waals surface area contributed by atoms with Crippen LogP contribution in [0.1, 0.15) is 6.92 Å². The topological polar surface area (TPSA) is 54.9 Å². The first-order valence-electron chi connectivity index (χ1n) is 3.54. The first-order valence-corrected chi connectivity index (χ1v) is 3.92. The molecule has 1 rings (SSSR count). The SMILES string of the molecule is CC#CCn1cc(Cl)c(=O)[nH]c1=O. The van der Waals surface area contributed by atoms with E-state index in [0.29, 0.717) is 0 Å². The molecule has 0 saturated carbocycles. The molecule has 0 saturated heterocycles. The Bertz CT molecular complexity index is 475. The number of nitrogens with one attached hydrogen (secondary N) is 1. The van der Waals surface area contributed by atoms with Crippen molar-refractivity contribution in [2.75, 3.05) is 0 Å². The molecule has 0 atom stereocenters. The van der Waals surface area contributed by atoms with Gasteiger partial charge in [0.1, 0.15) is 5.02 Å². The van der Waals surface area contributed by atoms with Gasteiger partial charge in [-0.1, -0.05) is 17.5 Å². The molecular formula is C8H7ClN2O2. The van der Waals surface area contributed by atoms with Gasteiger partial charge in [0.05, 0.1) is 6.54 Å². The van der Waals surface area contributed by atoms with E-state index in [0.717, 1.165) is 0 Å². The second kappa shape index (κ2) is 3.97. The fraction of sp³-hybridized carbons (Fsp3) is 0.250. The summed E-state index contributed by atoms with van der Waals surface area (Å²) in [5, 5.41) is -0.0162. The highest BCUT2D eigenvalue weighted by Gasteiger charge is 1.99. The summed E-state index contributed by atoms with van der Waals surface area (Å²) < 4.78 is 1.24. The van der Waals surface area contributed by atoms with Gasteiger partial charge in [-0.05, 0) is 6.92 Å². The highest BCUT2D eigenvalue weighted by atomic mass is 35.5. The lowest BCUT2D eigenvalue weighted by Crippen LogP contribution is -2.29. The Hall–Kier alpha value is -1.47. The Morgan fingerprint density at radius 2 is 2.31 bits per heavy atom. The fourth-order valence-corrected chi connectivity index (χ4v) is 0.929. The van der Waals surface area contributed by atoms with Gasteiger partial charge in [0.25, 0.3) is 5.56 Å². The van der Waals surface area contributed by atoms with Crippen LogP contribution in [0.25, 0.3) is 0 Å². The lowest BCUT2D eigenvalue weighted by Gasteiger charge is -1.98. The van der Waals surface area contributed by atoms with Crippen molar-refractivity contribution in [1.29, 1.82) is 0 Å². The maximum atomic E-state index is 11.1. The van der Waals surface area contributed by atoms with E-state index in [1.54, 1.807) is 6.92 Å². The second-order valence-electron chi connectivity index (χ2n) is 2.29. The van der Waals surface area contributed by atoms with Crippen molar-refractivity contribution in [3.8, 4) is 11.8 Å². The van der Waals surface area contributed by atoms with Crippen LogP contribution in [-0.4, -0.2) is 9.55 Å². The lowest BCUT2D eigenvalue weighted by molar-refractivity contribution is 0.749. The van der Waals surface area contributed by atoms with E-state index in [-0.39, 0.29) is 11.6 Å². The summed E-state index contributed by atoms with van der Waals surface area (Å²) in [7, 11) is 0. The van der Waals surface area contributed by atoms with Gasteiger partial charge in [-0.15, -0.1) is 5.92 Å². The van der Waals surface area contributed by atoms with E-state index < -0.39 is 11.2 Å². The van der Waals surface area contributed by atoms with Crippen LogP contribution in [0.15, 0.2) is 15.8 Å². The van der Waals surface area contributed by atoms with E-state index in [4.69, 9.17) is 11.6 Å². The average Bonchev–Trinajstić information content (AvgIpc) is 2.09. The molecule has 0 aliphatic carbocycles. The van der Waals surface area contributed by atoms with Crippen LogP contribution in [0.5, 0.6) is 0 Å². The summed E-state index contributed by atoms with van der Waals surface area (Å²) in [6.07, 6.45) is 1.27. The van der Waals surface area contributed by atoms with Gasteiger partial charge >= 0.3 is 5.69 Å². The van der Waals surface area contributed by atoms with E-state index in [1.165, 1.54) is 10.8 Å². The maximum Gasteiger partial charge on any atom is 0.329 e. The maximum absolute atomic E-state index is 11.1. The van der Waals surface area contributed by atoms with E-state index >= 15 is 0 Å². The quantitative estimate of drug-likeness (QED) is 0.656. The Labute approximate surface area is 79.2 Å². The molecule has 0 aliphatic heterocycles. The van der Waals surface area contributed by atoms with Crippen LogP contribution in [0.3, 0.4) is 0 Å². The van der Waals surface area contributed by atoms with Crippen molar-refractivity contribution >= 4 is 11.6 Å². The Morgan fingerprint density at radius 3 is 2.92 bits per heavy atom. The Morgan fingerprint density at radius 1 is 1.62 bits per heavy atom. The highest BCUT2D eigenvalue weighted by Crippen LogP contribution is 1.94. The molecule has 1 aromatic rings. The summed E-state index contributed by atoms with van der Waals surface area (Å²) in [5.74, 6) is 5.32. The Balaban J connectivity index is 3.21. The summed E-state index contributed by atoms with van der Waals surface area (Å²) in [5.41, 5.74) is -1.08. The average molecular weight is 199 g/mol. The van der Waals surface area contributed by atoms with Crippen LogP contribution < -0.4 is 11.2 Å². The number of hydrogen-bond donors (Lipinski definition) is 1. The zero-order valence-corrected chi connectivity index (χ0v) is 7.68. The van der Waals surface area contributed by atoms with Gasteiger partial charge < -0.3 is 0 Å². The highest BCUT2D eigenvalue weighted by molar-refractivity contribution is 6.30. The zero-order valence-electron chi connectivity index (χ0n) is 6.93. The molecule has 0 bridgehead atoms. The van der Waals surface area contributed by atoms with Crippen molar-refractivity contribution < 1.29 is 0 Å². The summed E-state index contributed by atoms with van der Waals surface area (Å²) in [4.78, 5) is 24.0. The molecule has 0 unspecified atom stereocenters. The van der Waals surface area contributed by atoms with Gasteiger partial charge in [-0.2, -0.15) is 0 Å². The third-order valence-corrected chi connectivity index (χ3v) is 1.66. The smallest absolute Gasteiger partial charge is 0.287 e. The molecule has 13 heavy (non-hydrogen) atoms. The molecule has 1 N–H and O–H groups in total. The number of aromatic amines is 1. The third kappa shape index (κ3) is 2.23. The fourth-order valence-electron chi connectivity index (χ4n) is 0.764. The predicted octanol–water partition coefficient (Wildman–Crippen LogP) is 0.213. The number of nitrogens with zero attached hydrogens (tertiary/aromatic N) is 1. The minimum atomic E-state index is -0.577. The minimum Gasteiger partial charge on any atom is -0.287 e. The van der Waals surface area contributed by atoms with Gasteiger partial charge in [0.2, 0.25) is 0 Å². The summed E-state index contributed by atoms with van der Waals surface area (Å²) in [6.45, 7) is 1.89. The predicted molar refractivity (Wildman–Crippen MR) is 49.8 cm³/mol. The van der Waals surface area contributed by atoms with Crippen molar-refractivity contribution in [2.45, 2.75) is 13.5 Å². The zero-order chi connectivity index (χ0) is 9.84. The monoisotopic (exact) mass is 198 g/mol. The Kier molecular flexibility index (Phi) is 2.93. The van der Waals surface area contributed by atoms with Crippen LogP contribution in [-0.2, 0) is 6.54 Å². The number of H-pyrrole nitrogens is 1. The summed E-state index contributed by atoms with van der Waals surface area (Å²) in [6, 6.07) is 0. The van der Waals surface area contributed by atoms with Gasteiger partial charge in [-0.3, -0.25) is 14.3 Å². The van der Waals surface area contributed by atoms with Crippen molar-refractivity contribution in [1.82, 2.24) is 9.55 Å². The molecule has 1 aromatic heterocycles. The molecule has 0 spiro atoms. The first kappa shape index (κ1) is 9.62. The van der Waals surface area contributed by atoms with Gasteiger partial charge in [-0.25, -0.2) is 4.79 Å². The standard InChI is InChI=1S/C8H7ClN2O2/c1-2-3-4-11-5-6(9)7(12)10-8(11)13/h5H,4H2,1H3,(H,10,12,13). The minimum absolute atomic E-state index is 0.0162. The molecule has 0 amide bonds. The molecule has 4 nitrogen and oxygen atoms in total. The normalized spacial score (nSPS) is 9.08. The largest absolute Gasteiger partial charge is 0.329 e. The van der Waals surface area contributed by atoms with Crippen LogP contribution in [0, 0.1) is 11.8 Å². The molecule has 0 aromatic carbocycles. The summed E-state index contributed by atoms with van der Waals surface area (Å²) >= 11 is 5.51. The first-order chi connectivity index (χ1) is 6.15.